The molecule has 0 fully saturated rings. The average molecular weight is 335 g/mol. The SMILES string of the molecule is CC(NC(=O)c1cccc(N)c1O)c1ccccc1Br. The zero-order valence-electron chi connectivity index (χ0n) is 10.9. The van der Waals surface area contributed by atoms with E-state index in [1.165, 1.54) is 6.07 Å². The van der Waals surface area contributed by atoms with Gasteiger partial charge >= 0.3 is 0 Å². The summed E-state index contributed by atoms with van der Waals surface area (Å²) in [5.41, 5.74) is 6.91. The molecule has 0 heterocycles. The fraction of sp³-hybridized carbons (Fsp3) is 0.133. The van der Waals surface area contributed by atoms with Gasteiger partial charge in [-0.15, -0.1) is 0 Å². The van der Waals surface area contributed by atoms with Crippen LogP contribution >= 0.6 is 15.9 Å². The first-order chi connectivity index (χ1) is 9.50. The molecule has 4 N–H and O–H groups in total. The molecule has 2 aromatic rings. The molecule has 2 aromatic carbocycles. The van der Waals surface area contributed by atoms with Gasteiger partial charge in [-0.05, 0) is 30.7 Å². The third-order valence-electron chi connectivity index (χ3n) is 3.03. The Labute approximate surface area is 125 Å². The number of aromatic hydroxyl groups is 1. The van der Waals surface area contributed by atoms with Crippen LogP contribution in [0.3, 0.4) is 0 Å². The monoisotopic (exact) mass is 334 g/mol. The van der Waals surface area contributed by atoms with Crippen molar-refractivity contribution in [1.29, 1.82) is 0 Å². The van der Waals surface area contributed by atoms with Gasteiger partial charge in [0, 0.05) is 4.47 Å². The van der Waals surface area contributed by atoms with Crippen molar-refractivity contribution in [3.8, 4) is 5.75 Å². The second-order valence-corrected chi connectivity index (χ2v) is 5.31. The highest BCUT2D eigenvalue weighted by Gasteiger charge is 2.17. The van der Waals surface area contributed by atoms with Gasteiger partial charge in [-0.1, -0.05) is 40.2 Å². The molecule has 0 aliphatic rings. The van der Waals surface area contributed by atoms with Gasteiger partial charge in [-0.2, -0.15) is 0 Å². The van der Waals surface area contributed by atoms with E-state index in [0.29, 0.717) is 0 Å². The first kappa shape index (κ1) is 14.4. The Morgan fingerprint density at radius 3 is 2.65 bits per heavy atom. The number of para-hydroxylation sites is 1. The van der Waals surface area contributed by atoms with Crippen LogP contribution in [0.2, 0.25) is 0 Å². The number of nitrogens with two attached hydrogens (primary N) is 1. The van der Waals surface area contributed by atoms with Crippen molar-refractivity contribution in [1.82, 2.24) is 5.32 Å². The predicted octanol–water partition coefficient (Wildman–Crippen LogP) is 3.23. The number of amides is 1. The molecule has 5 heteroatoms. The molecule has 4 nitrogen and oxygen atoms in total. The molecule has 0 saturated carbocycles. The minimum Gasteiger partial charge on any atom is -0.505 e. The number of anilines is 1. The number of phenols is 1. The molecular weight excluding hydrogens is 320 g/mol. The van der Waals surface area contributed by atoms with E-state index in [0.717, 1.165) is 10.0 Å². The summed E-state index contributed by atoms with van der Waals surface area (Å²) in [5, 5.41) is 12.6. The second-order valence-electron chi connectivity index (χ2n) is 4.46. The van der Waals surface area contributed by atoms with E-state index in [2.05, 4.69) is 21.2 Å². The molecule has 0 aliphatic heterocycles. The van der Waals surface area contributed by atoms with Crippen molar-refractivity contribution in [3.05, 3.63) is 58.1 Å². The van der Waals surface area contributed by atoms with Crippen LogP contribution in [0.4, 0.5) is 5.69 Å². The normalized spacial score (nSPS) is 11.9. The molecule has 1 atom stereocenters. The summed E-state index contributed by atoms with van der Waals surface area (Å²) in [6.07, 6.45) is 0. The van der Waals surface area contributed by atoms with Crippen molar-refractivity contribution in [2.45, 2.75) is 13.0 Å². The Kier molecular flexibility index (Phi) is 4.29. The van der Waals surface area contributed by atoms with Crippen LogP contribution in [0.25, 0.3) is 0 Å². The summed E-state index contributed by atoms with van der Waals surface area (Å²) in [5.74, 6) is -0.553. The zero-order valence-corrected chi connectivity index (χ0v) is 12.5. The van der Waals surface area contributed by atoms with Crippen LogP contribution in [-0.2, 0) is 0 Å². The number of rotatable bonds is 3. The Morgan fingerprint density at radius 2 is 1.95 bits per heavy atom. The molecule has 20 heavy (non-hydrogen) atoms. The Morgan fingerprint density at radius 1 is 1.25 bits per heavy atom. The first-order valence-corrected chi connectivity index (χ1v) is 6.92. The fourth-order valence-corrected chi connectivity index (χ4v) is 2.55. The highest BCUT2D eigenvalue weighted by Crippen LogP contribution is 2.26. The van der Waals surface area contributed by atoms with Crippen molar-refractivity contribution in [3.63, 3.8) is 0 Å². The number of halogens is 1. The van der Waals surface area contributed by atoms with Crippen LogP contribution in [0.15, 0.2) is 46.9 Å². The van der Waals surface area contributed by atoms with Gasteiger partial charge in [0.15, 0.2) is 5.75 Å². The van der Waals surface area contributed by atoms with E-state index in [1.54, 1.807) is 12.1 Å². The highest BCUT2D eigenvalue weighted by molar-refractivity contribution is 9.10. The molecule has 1 amide bonds. The molecule has 104 valence electrons. The number of nitrogens with one attached hydrogen (secondary N) is 1. The van der Waals surface area contributed by atoms with E-state index in [-0.39, 0.29) is 28.9 Å². The number of nitrogen functional groups attached to an aromatic ring is 1. The van der Waals surface area contributed by atoms with Crippen LogP contribution < -0.4 is 11.1 Å². The van der Waals surface area contributed by atoms with Gasteiger partial charge in [0.2, 0.25) is 0 Å². The topological polar surface area (TPSA) is 75.4 Å². The van der Waals surface area contributed by atoms with Gasteiger partial charge < -0.3 is 16.2 Å². The number of benzene rings is 2. The molecule has 0 radical (unpaired) electrons. The van der Waals surface area contributed by atoms with E-state index in [1.807, 2.05) is 31.2 Å². The molecular formula is C15H15BrN2O2. The summed E-state index contributed by atoms with van der Waals surface area (Å²) < 4.78 is 0.921. The summed E-state index contributed by atoms with van der Waals surface area (Å²) >= 11 is 3.45. The summed E-state index contributed by atoms with van der Waals surface area (Å²) in [4.78, 5) is 12.2. The number of hydrogen-bond donors (Lipinski definition) is 3. The van der Waals surface area contributed by atoms with E-state index >= 15 is 0 Å². The molecule has 2 rings (SSSR count). The fourth-order valence-electron chi connectivity index (χ4n) is 1.92. The van der Waals surface area contributed by atoms with Gasteiger partial charge in [-0.3, -0.25) is 4.79 Å². The molecule has 0 aliphatic carbocycles. The lowest BCUT2D eigenvalue weighted by Gasteiger charge is -2.16. The van der Waals surface area contributed by atoms with Gasteiger partial charge in [0.25, 0.3) is 5.91 Å². The third-order valence-corrected chi connectivity index (χ3v) is 3.75. The quantitative estimate of drug-likeness (QED) is 0.595. The highest BCUT2D eigenvalue weighted by atomic mass is 79.9. The van der Waals surface area contributed by atoms with E-state index in [9.17, 15) is 9.90 Å². The van der Waals surface area contributed by atoms with Gasteiger partial charge in [0.1, 0.15) is 0 Å². The molecule has 0 saturated heterocycles. The zero-order chi connectivity index (χ0) is 14.7. The number of hydrogen-bond acceptors (Lipinski definition) is 3. The second kappa shape index (κ2) is 5.96. The number of carbonyl (C=O) groups is 1. The summed E-state index contributed by atoms with van der Waals surface area (Å²) in [6.45, 7) is 1.88. The van der Waals surface area contributed by atoms with Crippen molar-refractivity contribution in [2.75, 3.05) is 5.73 Å². The van der Waals surface area contributed by atoms with Gasteiger partial charge in [0.05, 0.1) is 17.3 Å². The predicted molar refractivity (Wildman–Crippen MR) is 82.5 cm³/mol. The summed E-state index contributed by atoms with van der Waals surface area (Å²) in [6, 6.07) is 12.2. The Hall–Kier alpha value is -2.01. The maximum Gasteiger partial charge on any atom is 0.255 e. The van der Waals surface area contributed by atoms with E-state index in [4.69, 9.17) is 5.73 Å². The lowest BCUT2D eigenvalue weighted by atomic mass is 10.1. The van der Waals surface area contributed by atoms with Crippen molar-refractivity contribution < 1.29 is 9.90 Å². The van der Waals surface area contributed by atoms with Crippen LogP contribution in [0, 0.1) is 0 Å². The minimum absolute atomic E-state index is 0.170. The van der Waals surface area contributed by atoms with E-state index < -0.39 is 0 Å². The largest absolute Gasteiger partial charge is 0.505 e. The van der Waals surface area contributed by atoms with Crippen molar-refractivity contribution in [2.24, 2.45) is 0 Å². The molecule has 1 unspecified atom stereocenters. The molecule has 0 spiro atoms. The lowest BCUT2D eigenvalue weighted by molar-refractivity contribution is 0.0937. The van der Waals surface area contributed by atoms with Crippen LogP contribution in [-0.4, -0.2) is 11.0 Å². The lowest BCUT2D eigenvalue weighted by Crippen LogP contribution is -2.27. The maximum atomic E-state index is 12.2. The average Bonchev–Trinajstić information content (AvgIpc) is 2.42. The molecule has 0 bridgehead atoms. The number of carbonyl (C=O) groups excluding carboxylic acids is 1. The maximum absolute atomic E-state index is 12.2. The van der Waals surface area contributed by atoms with Gasteiger partial charge in [-0.25, -0.2) is 0 Å². The van der Waals surface area contributed by atoms with Crippen LogP contribution in [0.5, 0.6) is 5.75 Å². The smallest absolute Gasteiger partial charge is 0.255 e. The Bertz CT molecular complexity index is 644. The Balaban J connectivity index is 2.20. The molecule has 0 aromatic heterocycles. The third kappa shape index (κ3) is 2.93. The van der Waals surface area contributed by atoms with Crippen molar-refractivity contribution >= 4 is 27.5 Å². The van der Waals surface area contributed by atoms with Crippen LogP contribution in [0.1, 0.15) is 28.9 Å². The minimum atomic E-state index is -0.363. The summed E-state index contributed by atoms with van der Waals surface area (Å²) in [7, 11) is 0. The first-order valence-electron chi connectivity index (χ1n) is 6.13. The number of phenolic OH excluding ortho intramolecular Hbond substituents is 1. The standard InChI is InChI=1S/C15H15BrN2O2/c1-9(10-5-2-3-7-12(10)16)18-15(20)11-6-4-8-13(17)14(11)19/h2-9,19H,17H2,1H3,(H,18,20).